The second-order valence-electron chi connectivity index (χ2n) is 6.74. The fraction of sp³-hybridized carbons (Fsp3) is 0.444. The molecule has 4 rings (SSSR count). The second-order valence-corrected chi connectivity index (χ2v) is 7.59. The number of nitrogens with zero attached hydrogens (tertiary/aromatic N) is 2. The van der Waals surface area contributed by atoms with Gasteiger partial charge in [0.25, 0.3) is 5.91 Å². The third-order valence-electron chi connectivity index (χ3n) is 5.27. The molecular formula is C18H22Cl2FN3OS. The van der Waals surface area contributed by atoms with Gasteiger partial charge in [0.2, 0.25) is 0 Å². The van der Waals surface area contributed by atoms with E-state index in [0.29, 0.717) is 21.7 Å². The number of rotatable bonds is 2. The largest absolute Gasteiger partial charge is 0.337 e. The van der Waals surface area contributed by atoms with Gasteiger partial charge in [0, 0.05) is 30.6 Å². The summed E-state index contributed by atoms with van der Waals surface area (Å²) in [5.74, 6) is -0.339. The summed E-state index contributed by atoms with van der Waals surface area (Å²) < 4.78 is 13.9. The summed E-state index contributed by atoms with van der Waals surface area (Å²) in [5, 5.41) is 5.74. The quantitative estimate of drug-likeness (QED) is 0.802. The van der Waals surface area contributed by atoms with E-state index in [1.54, 1.807) is 23.6 Å². The van der Waals surface area contributed by atoms with Crippen molar-refractivity contribution in [2.24, 2.45) is 5.41 Å². The van der Waals surface area contributed by atoms with Gasteiger partial charge in [-0.2, -0.15) is 0 Å². The molecule has 0 aliphatic carbocycles. The molecule has 1 aromatic carbocycles. The van der Waals surface area contributed by atoms with E-state index in [4.69, 9.17) is 0 Å². The lowest BCUT2D eigenvalue weighted by Crippen LogP contribution is -2.44. The van der Waals surface area contributed by atoms with Crippen LogP contribution in [0.2, 0.25) is 0 Å². The number of benzene rings is 1. The third kappa shape index (κ3) is 4.03. The Hall–Kier alpha value is -1.21. The third-order valence-corrected chi connectivity index (χ3v) is 6.15. The average Bonchev–Trinajstić information content (AvgIpc) is 3.26. The Bertz CT molecular complexity index is 754. The van der Waals surface area contributed by atoms with Crippen LogP contribution < -0.4 is 5.32 Å². The Morgan fingerprint density at radius 2 is 1.92 bits per heavy atom. The molecule has 0 unspecified atom stereocenters. The number of aromatic nitrogens is 1. The van der Waals surface area contributed by atoms with Gasteiger partial charge < -0.3 is 10.2 Å². The first-order chi connectivity index (χ1) is 11.7. The summed E-state index contributed by atoms with van der Waals surface area (Å²) in [6.07, 6.45) is 3.31. The molecule has 0 saturated carbocycles. The van der Waals surface area contributed by atoms with Crippen LogP contribution in [0.3, 0.4) is 0 Å². The van der Waals surface area contributed by atoms with Crippen molar-refractivity contribution in [2.45, 2.75) is 19.3 Å². The van der Waals surface area contributed by atoms with Crippen LogP contribution in [-0.2, 0) is 0 Å². The summed E-state index contributed by atoms with van der Waals surface area (Å²) in [5.41, 5.74) is 1.27. The number of amides is 1. The molecule has 1 amide bonds. The van der Waals surface area contributed by atoms with Gasteiger partial charge in [0.1, 0.15) is 16.5 Å². The molecule has 0 atom stereocenters. The van der Waals surface area contributed by atoms with Gasteiger partial charge in [-0.3, -0.25) is 4.79 Å². The van der Waals surface area contributed by atoms with Crippen molar-refractivity contribution < 1.29 is 9.18 Å². The Morgan fingerprint density at radius 1 is 1.19 bits per heavy atom. The number of carbonyl (C=O) groups is 1. The predicted octanol–water partition coefficient (Wildman–Crippen LogP) is 4.01. The fourth-order valence-corrected chi connectivity index (χ4v) is 4.52. The number of likely N-dealkylation sites (tertiary alicyclic amines) is 1. The van der Waals surface area contributed by atoms with E-state index < -0.39 is 0 Å². The number of halogens is 3. The Balaban J connectivity index is 0.00000121. The molecule has 2 saturated heterocycles. The molecule has 26 heavy (non-hydrogen) atoms. The predicted molar refractivity (Wildman–Crippen MR) is 107 cm³/mol. The smallest absolute Gasteiger partial charge is 0.273 e. The summed E-state index contributed by atoms with van der Waals surface area (Å²) in [6.45, 7) is 3.73. The normalized spacial score (nSPS) is 18.3. The lowest BCUT2D eigenvalue weighted by molar-refractivity contribution is 0.0603. The van der Waals surface area contributed by atoms with Gasteiger partial charge in [-0.1, -0.05) is 12.1 Å². The molecule has 1 N–H and O–H groups in total. The summed E-state index contributed by atoms with van der Waals surface area (Å²) in [7, 11) is 0. The average molecular weight is 418 g/mol. The van der Waals surface area contributed by atoms with E-state index in [1.165, 1.54) is 23.8 Å². The maximum atomic E-state index is 13.9. The van der Waals surface area contributed by atoms with Crippen molar-refractivity contribution in [1.82, 2.24) is 15.2 Å². The molecule has 3 heterocycles. The summed E-state index contributed by atoms with van der Waals surface area (Å²) in [4.78, 5) is 19.0. The molecule has 8 heteroatoms. The van der Waals surface area contributed by atoms with Crippen molar-refractivity contribution in [3.63, 3.8) is 0 Å². The van der Waals surface area contributed by atoms with Gasteiger partial charge in [-0.05, 0) is 43.4 Å². The molecule has 1 spiro atoms. The van der Waals surface area contributed by atoms with Gasteiger partial charge in [-0.15, -0.1) is 36.2 Å². The zero-order valence-electron chi connectivity index (χ0n) is 14.2. The van der Waals surface area contributed by atoms with Crippen molar-refractivity contribution >= 4 is 42.1 Å². The van der Waals surface area contributed by atoms with Gasteiger partial charge in [0.15, 0.2) is 0 Å². The topological polar surface area (TPSA) is 45.2 Å². The number of carbonyl (C=O) groups excluding carboxylic acids is 1. The molecule has 1 aromatic heterocycles. The lowest BCUT2D eigenvalue weighted by atomic mass is 9.78. The van der Waals surface area contributed by atoms with Crippen molar-refractivity contribution in [2.75, 3.05) is 26.2 Å². The van der Waals surface area contributed by atoms with Crippen LogP contribution in [0.4, 0.5) is 4.39 Å². The molecule has 0 bridgehead atoms. The minimum atomic E-state index is -0.306. The van der Waals surface area contributed by atoms with Crippen LogP contribution in [0.1, 0.15) is 29.8 Å². The minimum absolute atomic E-state index is 0. The van der Waals surface area contributed by atoms with Gasteiger partial charge >= 0.3 is 0 Å². The monoisotopic (exact) mass is 417 g/mol. The van der Waals surface area contributed by atoms with Crippen LogP contribution >= 0.6 is 36.2 Å². The zero-order valence-corrected chi connectivity index (χ0v) is 16.7. The highest BCUT2D eigenvalue weighted by Gasteiger charge is 2.38. The standard InChI is InChI=1S/C18H20FN3OS.2ClH/c19-14-4-2-1-3-13(14)16-21-15(11-24-16)17(23)22-9-6-18(7-10-22)5-8-20-12-18;;/h1-4,11,20H,5-10,12H2;2*1H. The van der Waals surface area contributed by atoms with E-state index in [-0.39, 0.29) is 36.5 Å². The van der Waals surface area contributed by atoms with Gasteiger partial charge in [0.05, 0.1) is 0 Å². The summed E-state index contributed by atoms with van der Waals surface area (Å²) in [6, 6.07) is 6.54. The molecule has 142 valence electrons. The van der Waals surface area contributed by atoms with E-state index in [2.05, 4.69) is 10.3 Å². The molecule has 4 nitrogen and oxygen atoms in total. The zero-order chi connectivity index (χ0) is 16.6. The lowest BCUT2D eigenvalue weighted by Gasteiger charge is -2.38. The fourth-order valence-electron chi connectivity index (χ4n) is 3.70. The first-order valence-electron chi connectivity index (χ1n) is 8.37. The van der Waals surface area contributed by atoms with Crippen molar-refractivity contribution in [3.05, 3.63) is 41.2 Å². The van der Waals surface area contributed by atoms with E-state index >= 15 is 0 Å². The highest BCUT2D eigenvalue weighted by molar-refractivity contribution is 7.13. The van der Waals surface area contributed by atoms with E-state index in [0.717, 1.165) is 39.0 Å². The van der Waals surface area contributed by atoms with Crippen LogP contribution in [0.5, 0.6) is 0 Å². The highest BCUT2D eigenvalue weighted by atomic mass is 35.5. The minimum Gasteiger partial charge on any atom is -0.337 e. The van der Waals surface area contributed by atoms with E-state index in [9.17, 15) is 9.18 Å². The van der Waals surface area contributed by atoms with Gasteiger partial charge in [-0.25, -0.2) is 9.37 Å². The Labute approximate surface area is 169 Å². The van der Waals surface area contributed by atoms with Crippen LogP contribution in [0, 0.1) is 11.2 Å². The Morgan fingerprint density at radius 3 is 2.58 bits per heavy atom. The number of hydrogen-bond acceptors (Lipinski definition) is 4. The van der Waals surface area contributed by atoms with Crippen LogP contribution in [0.25, 0.3) is 10.6 Å². The number of thiazole rings is 1. The van der Waals surface area contributed by atoms with Crippen LogP contribution in [-0.4, -0.2) is 42.0 Å². The first kappa shape index (κ1) is 21.1. The number of piperidine rings is 1. The molecule has 2 aromatic rings. The van der Waals surface area contributed by atoms with Crippen LogP contribution in [0.15, 0.2) is 29.6 Å². The van der Waals surface area contributed by atoms with Crippen molar-refractivity contribution in [1.29, 1.82) is 0 Å². The van der Waals surface area contributed by atoms with E-state index in [1.807, 2.05) is 4.90 Å². The maximum absolute atomic E-state index is 13.9. The Kier molecular flexibility index (Phi) is 7.02. The van der Waals surface area contributed by atoms with Crippen molar-refractivity contribution in [3.8, 4) is 10.6 Å². The molecule has 2 fully saturated rings. The second kappa shape index (κ2) is 8.65. The highest BCUT2D eigenvalue weighted by Crippen LogP contribution is 2.37. The number of hydrogen-bond donors (Lipinski definition) is 1. The summed E-state index contributed by atoms with van der Waals surface area (Å²) >= 11 is 1.32. The molecule has 0 radical (unpaired) electrons. The molecule has 2 aliphatic rings. The number of nitrogens with one attached hydrogen (secondary N) is 1. The maximum Gasteiger partial charge on any atom is 0.273 e. The first-order valence-corrected chi connectivity index (χ1v) is 9.25. The molecule has 2 aliphatic heterocycles. The SMILES string of the molecule is Cl.Cl.O=C(c1csc(-c2ccccc2F)n1)N1CCC2(CCNC2)CC1. The molecular weight excluding hydrogens is 396 g/mol.